The van der Waals surface area contributed by atoms with Crippen molar-refractivity contribution in [1.29, 1.82) is 0 Å². The van der Waals surface area contributed by atoms with Crippen LogP contribution in [0.1, 0.15) is 73.9 Å². The molecule has 0 atom stereocenters. The second-order valence-electron chi connectivity index (χ2n) is 4.90. The summed E-state index contributed by atoms with van der Waals surface area (Å²) in [6.07, 6.45) is 4.93. The smallest absolute Gasteiger partial charge is 0.159 e. The van der Waals surface area contributed by atoms with E-state index in [9.17, 15) is 4.79 Å². The molecule has 0 saturated carbocycles. The molecule has 0 unspecified atom stereocenters. The zero-order valence-corrected chi connectivity index (χ0v) is 11.5. The van der Waals surface area contributed by atoms with Gasteiger partial charge >= 0.3 is 0 Å². The van der Waals surface area contributed by atoms with E-state index in [1.165, 1.54) is 36.8 Å². The summed E-state index contributed by atoms with van der Waals surface area (Å²) in [5.74, 6) is 0.813. The zero-order valence-electron chi connectivity index (χ0n) is 11.5. The molecule has 0 saturated heterocycles. The summed E-state index contributed by atoms with van der Waals surface area (Å²) >= 11 is 0. The Morgan fingerprint density at radius 3 is 2.18 bits per heavy atom. The van der Waals surface area contributed by atoms with Crippen molar-refractivity contribution in [2.45, 2.75) is 59.3 Å². The summed E-state index contributed by atoms with van der Waals surface area (Å²) in [4.78, 5) is 11.3. The van der Waals surface area contributed by atoms with E-state index in [0.29, 0.717) is 5.92 Å². The van der Waals surface area contributed by atoms with Gasteiger partial charge in [0.2, 0.25) is 0 Å². The van der Waals surface area contributed by atoms with Crippen LogP contribution < -0.4 is 0 Å². The lowest BCUT2D eigenvalue weighted by molar-refractivity contribution is 0.101. The molecule has 1 nitrogen and oxygen atoms in total. The van der Waals surface area contributed by atoms with E-state index in [2.05, 4.69) is 26.8 Å². The summed E-state index contributed by atoms with van der Waals surface area (Å²) in [5.41, 5.74) is 3.53. The maximum absolute atomic E-state index is 11.3. The van der Waals surface area contributed by atoms with Gasteiger partial charge in [-0.3, -0.25) is 4.79 Å². The van der Waals surface area contributed by atoms with Crippen LogP contribution in [0.5, 0.6) is 0 Å². The fourth-order valence-corrected chi connectivity index (χ4v) is 2.51. The van der Waals surface area contributed by atoms with Crippen LogP contribution in [-0.4, -0.2) is 5.78 Å². The normalized spacial score (nSPS) is 10.9. The van der Waals surface area contributed by atoms with E-state index in [4.69, 9.17) is 0 Å². The van der Waals surface area contributed by atoms with E-state index >= 15 is 0 Å². The van der Waals surface area contributed by atoms with E-state index in [1.54, 1.807) is 6.92 Å². The van der Waals surface area contributed by atoms with E-state index in [-0.39, 0.29) is 5.78 Å². The third-order valence-corrected chi connectivity index (χ3v) is 3.39. The highest BCUT2D eigenvalue weighted by molar-refractivity contribution is 5.94. The van der Waals surface area contributed by atoms with Crippen molar-refractivity contribution in [1.82, 2.24) is 0 Å². The molecule has 0 aliphatic rings. The first-order valence-electron chi connectivity index (χ1n) is 6.71. The molecule has 0 aliphatic carbocycles. The quantitative estimate of drug-likeness (QED) is 0.639. The van der Waals surface area contributed by atoms with Crippen molar-refractivity contribution in [3.63, 3.8) is 0 Å². The topological polar surface area (TPSA) is 17.1 Å². The van der Waals surface area contributed by atoms with Crippen LogP contribution in [0.2, 0.25) is 0 Å². The largest absolute Gasteiger partial charge is 0.295 e. The molecule has 0 aromatic heterocycles. The Kier molecular flexibility index (Phi) is 5.40. The van der Waals surface area contributed by atoms with Crippen LogP contribution in [0.15, 0.2) is 18.2 Å². The first kappa shape index (κ1) is 14.0. The molecule has 94 valence electrons. The molecule has 0 heterocycles. The van der Waals surface area contributed by atoms with E-state index < -0.39 is 0 Å². The highest BCUT2D eigenvalue weighted by atomic mass is 16.1. The van der Waals surface area contributed by atoms with Crippen LogP contribution in [-0.2, 0) is 0 Å². The Bertz CT molecular complexity index is 373. The van der Waals surface area contributed by atoms with Gasteiger partial charge in [0.15, 0.2) is 5.78 Å². The molecule has 0 amide bonds. The fraction of sp³-hybridized carbons (Fsp3) is 0.562. The Labute approximate surface area is 105 Å². The first-order valence-corrected chi connectivity index (χ1v) is 6.71. The standard InChI is InChI=1S/C16H24O/c1-5-7-14(8-6-2)16-10-9-15(13(4)17)11-12(16)3/h9-11,14H,5-8H2,1-4H3. The van der Waals surface area contributed by atoms with Gasteiger partial charge in [0, 0.05) is 5.56 Å². The second-order valence-corrected chi connectivity index (χ2v) is 4.90. The Morgan fingerprint density at radius 2 is 1.76 bits per heavy atom. The maximum atomic E-state index is 11.3. The summed E-state index contributed by atoms with van der Waals surface area (Å²) in [6, 6.07) is 6.17. The van der Waals surface area contributed by atoms with Crippen LogP contribution in [0.4, 0.5) is 0 Å². The lowest BCUT2D eigenvalue weighted by atomic mass is 9.87. The number of rotatable bonds is 6. The summed E-state index contributed by atoms with van der Waals surface area (Å²) in [7, 11) is 0. The van der Waals surface area contributed by atoms with Crippen LogP contribution in [0.3, 0.4) is 0 Å². The van der Waals surface area contributed by atoms with Gasteiger partial charge in [-0.2, -0.15) is 0 Å². The van der Waals surface area contributed by atoms with Gasteiger partial charge < -0.3 is 0 Å². The summed E-state index contributed by atoms with van der Waals surface area (Å²) < 4.78 is 0. The number of Topliss-reactive ketones (excluding diaryl/α,β-unsaturated/α-hetero) is 1. The van der Waals surface area contributed by atoms with Gasteiger partial charge in [-0.05, 0) is 49.8 Å². The van der Waals surface area contributed by atoms with Gasteiger partial charge in [-0.25, -0.2) is 0 Å². The number of carbonyl (C=O) groups excluding carboxylic acids is 1. The van der Waals surface area contributed by atoms with Gasteiger partial charge in [0.1, 0.15) is 0 Å². The minimum atomic E-state index is 0.155. The molecule has 0 spiro atoms. The van der Waals surface area contributed by atoms with Crippen molar-refractivity contribution >= 4 is 5.78 Å². The number of carbonyl (C=O) groups is 1. The lowest BCUT2D eigenvalue weighted by Crippen LogP contribution is -2.03. The third kappa shape index (κ3) is 3.69. The molecule has 1 aromatic carbocycles. The average molecular weight is 232 g/mol. The van der Waals surface area contributed by atoms with E-state index in [1.807, 2.05) is 12.1 Å². The van der Waals surface area contributed by atoms with Gasteiger partial charge in [-0.15, -0.1) is 0 Å². The minimum Gasteiger partial charge on any atom is -0.295 e. The van der Waals surface area contributed by atoms with Crippen LogP contribution in [0, 0.1) is 6.92 Å². The monoisotopic (exact) mass is 232 g/mol. The summed E-state index contributed by atoms with van der Waals surface area (Å²) in [6.45, 7) is 8.23. The predicted molar refractivity (Wildman–Crippen MR) is 73.7 cm³/mol. The zero-order chi connectivity index (χ0) is 12.8. The second kappa shape index (κ2) is 6.58. The number of benzene rings is 1. The Morgan fingerprint density at radius 1 is 1.18 bits per heavy atom. The van der Waals surface area contributed by atoms with Crippen LogP contribution in [0.25, 0.3) is 0 Å². The Hall–Kier alpha value is -1.11. The van der Waals surface area contributed by atoms with Crippen molar-refractivity contribution in [3.05, 3.63) is 34.9 Å². The molecule has 0 aliphatic heterocycles. The maximum Gasteiger partial charge on any atom is 0.159 e. The molecule has 0 radical (unpaired) electrons. The number of aryl methyl sites for hydroxylation is 1. The first-order chi connectivity index (χ1) is 8.10. The SMILES string of the molecule is CCCC(CCC)c1ccc(C(C)=O)cc1C. The van der Waals surface area contributed by atoms with E-state index in [0.717, 1.165) is 5.56 Å². The van der Waals surface area contributed by atoms with Crippen molar-refractivity contribution in [3.8, 4) is 0 Å². The molecule has 1 rings (SSSR count). The number of hydrogen-bond donors (Lipinski definition) is 0. The Balaban J connectivity index is 2.99. The minimum absolute atomic E-state index is 0.155. The molecule has 17 heavy (non-hydrogen) atoms. The predicted octanol–water partition coefficient (Wildman–Crippen LogP) is 4.88. The molecule has 0 bridgehead atoms. The molecule has 0 fully saturated rings. The molecular weight excluding hydrogens is 208 g/mol. The number of hydrogen-bond acceptors (Lipinski definition) is 1. The van der Waals surface area contributed by atoms with Crippen molar-refractivity contribution in [2.75, 3.05) is 0 Å². The molecule has 1 aromatic rings. The van der Waals surface area contributed by atoms with Gasteiger partial charge in [0.05, 0.1) is 0 Å². The average Bonchev–Trinajstić information content (AvgIpc) is 2.28. The molecule has 0 N–H and O–H groups in total. The lowest BCUT2D eigenvalue weighted by Gasteiger charge is -2.18. The van der Waals surface area contributed by atoms with Crippen molar-refractivity contribution in [2.24, 2.45) is 0 Å². The third-order valence-electron chi connectivity index (χ3n) is 3.39. The highest BCUT2D eigenvalue weighted by Crippen LogP contribution is 2.29. The van der Waals surface area contributed by atoms with Crippen molar-refractivity contribution < 1.29 is 4.79 Å². The van der Waals surface area contributed by atoms with Gasteiger partial charge in [0.25, 0.3) is 0 Å². The van der Waals surface area contributed by atoms with Crippen LogP contribution >= 0.6 is 0 Å². The number of ketones is 1. The highest BCUT2D eigenvalue weighted by Gasteiger charge is 2.13. The fourth-order valence-electron chi connectivity index (χ4n) is 2.51. The van der Waals surface area contributed by atoms with Gasteiger partial charge in [-0.1, -0.05) is 38.8 Å². The molecule has 1 heteroatoms. The summed E-state index contributed by atoms with van der Waals surface area (Å²) in [5, 5.41) is 0. The molecular formula is C16H24O.